The van der Waals surface area contributed by atoms with Crippen molar-refractivity contribution in [3.05, 3.63) is 34.9 Å². The number of aryl methyl sites for hydroxylation is 2. The van der Waals surface area contributed by atoms with E-state index in [2.05, 4.69) is 16.9 Å². The first kappa shape index (κ1) is 17.3. The number of likely N-dealkylation sites (tertiary alicyclic amines) is 1. The number of piperidine rings is 1. The van der Waals surface area contributed by atoms with Crippen LogP contribution in [0, 0.1) is 6.92 Å². The molecule has 140 valence electrons. The van der Waals surface area contributed by atoms with Crippen LogP contribution in [0.4, 0.5) is 0 Å². The normalized spacial score (nSPS) is 21.7. The van der Waals surface area contributed by atoms with Gasteiger partial charge in [-0.15, -0.1) is 0 Å². The third kappa shape index (κ3) is 3.16. The summed E-state index contributed by atoms with van der Waals surface area (Å²) in [5.74, 6) is 0.498. The highest BCUT2D eigenvalue weighted by Crippen LogP contribution is 2.28. The first-order valence-corrected chi connectivity index (χ1v) is 9.56. The van der Waals surface area contributed by atoms with Gasteiger partial charge in [-0.1, -0.05) is 0 Å². The van der Waals surface area contributed by atoms with Gasteiger partial charge in [0.05, 0.1) is 11.9 Å². The predicted molar refractivity (Wildman–Crippen MR) is 99.0 cm³/mol. The molecule has 0 saturated carbocycles. The summed E-state index contributed by atoms with van der Waals surface area (Å²) in [5, 5.41) is 9.17. The average molecular weight is 356 g/mol. The van der Waals surface area contributed by atoms with Gasteiger partial charge >= 0.3 is 0 Å². The molecule has 1 amide bonds. The second kappa shape index (κ2) is 6.87. The van der Waals surface area contributed by atoms with Gasteiger partial charge < -0.3 is 4.90 Å². The maximum atomic E-state index is 12.5. The molecule has 0 aliphatic carbocycles. The molecule has 0 N–H and O–H groups in total. The van der Waals surface area contributed by atoms with Crippen molar-refractivity contribution in [1.82, 2.24) is 29.4 Å². The zero-order valence-corrected chi connectivity index (χ0v) is 16.0. The summed E-state index contributed by atoms with van der Waals surface area (Å²) in [7, 11) is 3.87. The van der Waals surface area contributed by atoms with Crippen LogP contribution in [0.1, 0.15) is 52.6 Å². The van der Waals surface area contributed by atoms with Crippen LogP contribution in [0.25, 0.3) is 0 Å². The molecule has 1 saturated heterocycles. The van der Waals surface area contributed by atoms with Crippen molar-refractivity contribution in [1.29, 1.82) is 0 Å². The lowest BCUT2D eigenvalue weighted by molar-refractivity contribution is 0.0796. The van der Waals surface area contributed by atoms with Gasteiger partial charge in [0.1, 0.15) is 5.69 Å². The molecule has 2 aliphatic rings. The Kier molecular flexibility index (Phi) is 4.56. The average Bonchev–Trinajstić information content (AvgIpc) is 3.16. The Bertz CT molecular complexity index is 807. The zero-order valence-electron chi connectivity index (χ0n) is 16.0. The summed E-state index contributed by atoms with van der Waals surface area (Å²) in [5.41, 5.74) is 4.36. The lowest BCUT2D eigenvalue weighted by Crippen LogP contribution is -2.34. The van der Waals surface area contributed by atoms with Gasteiger partial charge in [0.25, 0.3) is 5.91 Å². The van der Waals surface area contributed by atoms with E-state index >= 15 is 0 Å². The second-order valence-corrected chi connectivity index (χ2v) is 7.71. The van der Waals surface area contributed by atoms with Crippen LogP contribution in [0.15, 0.2) is 12.3 Å². The van der Waals surface area contributed by atoms with E-state index in [0.717, 1.165) is 57.0 Å². The fourth-order valence-corrected chi connectivity index (χ4v) is 4.11. The molecule has 0 spiro atoms. The number of amides is 1. The minimum atomic E-state index is 0.0971. The summed E-state index contributed by atoms with van der Waals surface area (Å²) in [6, 6.07) is 2.04. The van der Waals surface area contributed by atoms with Crippen molar-refractivity contribution in [2.45, 2.75) is 45.2 Å². The van der Waals surface area contributed by atoms with E-state index in [9.17, 15) is 4.79 Å². The molecule has 2 aromatic heterocycles. The first-order valence-electron chi connectivity index (χ1n) is 9.56. The minimum absolute atomic E-state index is 0.0971. The highest BCUT2D eigenvalue weighted by atomic mass is 16.2. The van der Waals surface area contributed by atoms with Crippen LogP contribution in [-0.2, 0) is 20.1 Å². The Hall–Kier alpha value is -2.15. The fourth-order valence-electron chi connectivity index (χ4n) is 4.11. The Morgan fingerprint density at radius 2 is 2.04 bits per heavy atom. The predicted octanol–water partition coefficient (Wildman–Crippen LogP) is 1.78. The van der Waals surface area contributed by atoms with E-state index in [0.29, 0.717) is 5.92 Å². The standard InChI is InChI=1S/C19H28N6O/c1-14-16(11-20-23(14)3)13-24-8-4-6-15(12-24)17-10-18-19(26)22(2)7-5-9-25(18)21-17/h10-11,15H,4-9,12-13H2,1-3H3. The van der Waals surface area contributed by atoms with Crippen molar-refractivity contribution in [2.75, 3.05) is 26.7 Å². The van der Waals surface area contributed by atoms with Gasteiger partial charge in [0, 0.05) is 57.4 Å². The SMILES string of the molecule is Cc1c(CN2CCCC(c3cc4n(n3)CCCN(C)C4=O)C2)cnn1C. The maximum absolute atomic E-state index is 12.5. The lowest BCUT2D eigenvalue weighted by atomic mass is 9.94. The molecule has 2 aliphatic heterocycles. The molecule has 1 fully saturated rings. The lowest BCUT2D eigenvalue weighted by Gasteiger charge is -2.31. The second-order valence-electron chi connectivity index (χ2n) is 7.71. The molecular formula is C19H28N6O. The number of hydrogen-bond acceptors (Lipinski definition) is 4. The molecule has 1 unspecified atom stereocenters. The molecule has 1 atom stereocenters. The Balaban J connectivity index is 1.50. The van der Waals surface area contributed by atoms with Crippen LogP contribution < -0.4 is 0 Å². The van der Waals surface area contributed by atoms with Crippen molar-refractivity contribution >= 4 is 5.91 Å². The maximum Gasteiger partial charge on any atom is 0.271 e. The molecule has 26 heavy (non-hydrogen) atoms. The van der Waals surface area contributed by atoms with Gasteiger partial charge in [0.15, 0.2) is 0 Å². The summed E-state index contributed by atoms with van der Waals surface area (Å²) in [6.07, 6.45) is 5.25. The molecule has 4 heterocycles. The van der Waals surface area contributed by atoms with E-state index in [1.165, 1.54) is 17.7 Å². The molecule has 0 radical (unpaired) electrons. The van der Waals surface area contributed by atoms with Crippen LogP contribution in [0.3, 0.4) is 0 Å². The third-order valence-electron chi connectivity index (χ3n) is 5.88. The van der Waals surface area contributed by atoms with Crippen molar-refractivity contribution in [3.63, 3.8) is 0 Å². The van der Waals surface area contributed by atoms with Gasteiger partial charge in [-0.3, -0.25) is 19.1 Å². The van der Waals surface area contributed by atoms with Crippen molar-refractivity contribution < 1.29 is 4.79 Å². The van der Waals surface area contributed by atoms with Crippen LogP contribution >= 0.6 is 0 Å². The van der Waals surface area contributed by atoms with Crippen molar-refractivity contribution in [2.24, 2.45) is 7.05 Å². The van der Waals surface area contributed by atoms with Crippen LogP contribution in [-0.4, -0.2) is 61.9 Å². The zero-order chi connectivity index (χ0) is 18.3. The van der Waals surface area contributed by atoms with Gasteiger partial charge in [-0.05, 0) is 38.8 Å². The van der Waals surface area contributed by atoms with E-state index in [-0.39, 0.29) is 5.91 Å². The van der Waals surface area contributed by atoms with E-state index in [4.69, 9.17) is 5.10 Å². The smallest absolute Gasteiger partial charge is 0.271 e. The van der Waals surface area contributed by atoms with E-state index < -0.39 is 0 Å². The molecule has 7 heteroatoms. The fraction of sp³-hybridized carbons (Fsp3) is 0.632. The molecule has 4 rings (SSSR count). The minimum Gasteiger partial charge on any atom is -0.340 e. The van der Waals surface area contributed by atoms with E-state index in [1.807, 2.05) is 40.6 Å². The number of rotatable bonds is 3. The van der Waals surface area contributed by atoms with Gasteiger partial charge in [-0.2, -0.15) is 10.2 Å². The molecule has 7 nitrogen and oxygen atoms in total. The summed E-state index contributed by atoms with van der Waals surface area (Å²) in [6.45, 7) is 6.80. The van der Waals surface area contributed by atoms with Crippen LogP contribution in [0.5, 0.6) is 0 Å². The topological polar surface area (TPSA) is 59.2 Å². The summed E-state index contributed by atoms with van der Waals surface area (Å²) < 4.78 is 3.86. The van der Waals surface area contributed by atoms with Gasteiger partial charge in [-0.25, -0.2) is 0 Å². The number of nitrogens with zero attached hydrogens (tertiary/aromatic N) is 6. The number of fused-ring (bicyclic) bond motifs is 1. The van der Waals surface area contributed by atoms with Crippen molar-refractivity contribution in [3.8, 4) is 0 Å². The number of aromatic nitrogens is 4. The summed E-state index contributed by atoms with van der Waals surface area (Å²) in [4.78, 5) is 16.8. The molecule has 2 aromatic rings. The third-order valence-corrected chi connectivity index (χ3v) is 5.88. The molecule has 0 bridgehead atoms. The highest BCUT2D eigenvalue weighted by Gasteiger charge is 2.28. The monoisotopic (exact) mass is 356 g/mol. The number of carbonyl (C=O) groups is 1. The summed E-state index contributed by atoms with van der Waals surface area (Å²) >= 11 is 0. The van der Waals surface area contributed by atoms with E-state index in [1.54, 1.807) is 0 Å². The number of hydrogen-bond donors (Lipinski definition) is 0. The largest absolute Gasteiger partial charge is 0.340 e. The van der Waals surface area contributed by atoms with Crippen LogP contribution in [0.2, 0.25) is 0 Å². The molecular weight excluding hydrogens is 328 g/mol. The highest BCUT2D eigenvalue weighted by molar-refractivity contribution is 5.92. The number of carbonyl (C=O) groups excluding carboxylic acids is 1. The Labute approximate surface area is 154 Å². The Morgan fingerprint density at radius 3 is 2.81 bits per heavy atom. The Morgan fingerprint density at radius 1 is 1.19 bits per heavy atom. The van der Waals surface area contributed by atoms with Gasteiger partial charge in [0.2, 0.25) is 0 Å². The first-order chi connectivity index (χ1) is 12.5. The quantitative estimate of drug-likeness (QED) is 0.841. The molecule has 0 aromatic carbocycles.